The third-order valence-corrected chi connectivity index (χ3v) is 7.02. The van der Waals surface area contributed by atoms with Crippen LogP contribution in [0.1, 0.15) is 34.2 Å². The lowest BCUT2D eigenvalue weighted by molar-refractivity contribution is -0.186. The Morgan fingerprint density at radius 2 is 1.40 bits per heavy atom. The summed E-state index contributed by atoms with van der Waals surface area (Å²) in [4.78, 5) is 31.3. The van der Waals surface area contributed by atoms with Crippen LogP contribution in [0.15, 0.2) is 91.0 Å². The summed E-state index contributed by atoms with van der Waals surface area (Å²) in [5, 5.41) is 10.3. The largest absolute Gasteiger partial charge is 0.497 e. The first kappa shape index (κ1) is 26.8. The molecule has 5 rings (SSSR count). The van der Waals surface area contributed by atoms with E-state index in [1.54, 1.807) is 50.6 Å². The van der Waals surface area contributed by atoms with Crippen LogP contribution in [-0.4, -0.2) is 50.0 Å². The molecule has 0 fully saturated rings. The van der Waals surface area contributed by atoms with Gasteiger partial charge in [0.1, 0.15) is 23.3 Å². The Kier molecular flexibility index (Phi) is 7.70. The highest BCUT2D eigenvalue weighted by atomic mass is 16.7. The first-order valence-corrected chi connectivity index (χ1v) is 12.7. The lowest BCUT2D eigenvalue weighted by Gasteiger charge is -2.33. The molecule has 0 heterocycles. The number of aliphatic carboxylic acids is 1. The fraction of sp³-hybridized carbons (Fsp3) is 0.188. The number of ether oxygens (including phenoxy) is 3. The van der Waals surface area contributed by atoms with E-state index in [2.05, 4.69) is 0 Å². The zero-order valence-corrected chi connectivity index (χ0v) is 22.4. The van der Waals surface area contributed by atoms with Gasteiger partial charge in [-0.2, -0.15) is 0 Å². The summed E-state index contributed by atoms with van der Waals surface area (Å²) in [6.45, 7) is -0.460. The molecule has 1 aliphatic rings. The second-order valence-electron chi connectivity index (χ2n) is 9.22. The average Bonchev–Trinajstić information content (AvgIpc) is 3.33. The number of hydrogen-bond donors (Lipinski definition) is 1. The van der Waals surface area contributed by atoms with Crippen molar-refractivity contribution in [1.29, 1.82) is 0 Å². The number of hydroxylamine groups is 2. The summed E-state index contributed by atoms with van der Waals surface area (Å²) >= 11 is 0. The van der Waals surface area contributed by atoms with Crippen molar-refractivity contribution >= 4 is 11.9 Å². The van der Waals surface area contributed by atoms with E-state index in [4.69, 9.17) is 24.2 Å². The summed E-state index contributed by atoms with van der Waals surface area (Å²) in [5.41, 5.74) is 5.25. The number of amides is 1. The van der Waals surface area contributed by atoms with Gasteiger partial charge in [-0.1, -0.05) is 60.7 Å². The monoisotopic (exact) mass is 539 g/mol. The molecule has 0 bridgehead atoms. The lowest BCUT2D eigenvalue weighted by atomic mass is 9.92. The Morgan fingerprint density at radius 1 is 0.800 bits per heavy atom. The molecule has 0 spiro atoms. The van der Waals surface area contributed by atoms with Crippen molar-refractivity contribution in [1.82, 2.24) is 5.06 Å². The maximum atomic E-state index is 14.5. The molecule has 40 heavy (non-hydrogen) atoms. The van der Waals surface area contributed by atoms with Crippen LogP contribution in [-0.2, 0) is 14.4 Å². The summed E-state index contributed by atoms with van der Waals surface area (Å²) in [5.74, 6) is -0.381. The number of hydrogen-bond acceptors (Lipinski definition) is 6. The van der Waals surface area contributed by atoms with Crippen LogP contribution >= 0.6 is 0 Å². The van der Waals surface area contributed by atoms with E-state index in [9.17, 15) is 9.59 Å². The first-order chi connectivity index (χ1) is 19.5. The molecule has 0 aromatic heterocycles. The number of rotatable bonds is 10. The van der Waals surface area contributed by atoms with Gasteiger partial charge in [-0.25, -0.2) is 9.86 Å². The van der Waals surface area contributed by atoms with Crippen LogP contribution in [0.5, 0.6) is 17.2 Å². The topological polar surface area (TPSA) is 94.5 Å². The minimum Gasteiger partial charge on any atom is -0.497 e. The van der Waals surface area contributed by atoms with Gasteiger partial charge in [0.25, 0.3) is 5.91 Å². The zero-order chi connectivity index (χ0) is 28.2. The molecule has 0 saturated heterocycles. The van der Waals surface area contributed by atoms with E-state index < -0.39 is 24.5 Å². The van der Waals surface area contributed by atoms with Crippen molar-refractivity contribution in [3.63, 3.8) is 0 Å². The van der Waals surface area contributed by atoms with Gasteiger partial charge in [0.15, 0.2) is 6.61 Å². The Balaban J connectivity index is 1.61. The molecule has 8 nitrogen and oxygen atoms in total. The van der Waals surface area contributed by atoms with Crippen LogP contribution in [0.3, 0.4) is 0 Å². The molecule has 8 heteroatoms. The molecule has 0 aliphatic heterocycles. The number of fused-ring (bicyclic) bond motifs is 3. The normalized spacial score (nSPS) is 12.7. The predicted octanol–water partition coefficient (Wildman–Crippen LogP) is 5.46. The van der Waals surface area contributed by atoms with Gasteiger partial charge in [-0.3, -0.25) is 9.63 Å². The number of methoxy groups -OCH3 is 2. The minimum absolute atomic E-state index is 0.242. The molecule has 4 aromatic rings. The van der Waals surface area contributed by atoms with E-state index in [-0.39, 0.29) is 5.91 Å². The van der Waals surface area contributed by atoms with E-state index in [1.165, 1.54) is 12.2 Å². The summed E-state index contributed by atoms with van der Waals surface area (Å²) in [7, 11) is 4.60. The van der Waals surface area contributed by atoms with Gasteiger partial charge in [0.05, 0.1) is 27.2 Å². The standard InChI is InChI=1S/C32H29NO7/c1-37-22-16-17-27(28(18-22)38-2)31(20-12-14-21(15-13-20)40-19-29(34)35)33(39-3)32(36)30-25-10-6-4-8-23(25)24-9-5-7-11-26(24)30/h4-18,30-31H,19H2,1-3H3,(H,34,35). The second-order valence-corrected chi connectivity index (χ2v) is 9.22. The average molecular weight is 540 g/mol. The number of carbonyl (C=O) groups excluding carboxylic acids is 1. The van der Waals surface area contributed by atoms with Crippen LogP contribution in [0, 0.1) is 0 Å². The number of carbonyl (C=O) groups is 2. The molecule has 1 N–H and O–H groups in total. The molecule has 0 saturated carbocycles. The quantitative estimate of drug-likeness (QED) is 0.268. The third-order valence-electron chi connectivity index (χ3n) is 7.02. The summed E-state index contributed by atoms with van der Waals surface area (Å²) in [6.07, 6.45) is 0. The molecule has 4 aromatic carbocycles. The van der Waals surface area contributed by atoms with Crippen LogP contribution in [0.25, 0.3) is 11.1 Å². The van der Waals surface area contributed by atoms with Gasteiger partial charge >= 0.3 is 5.97 Å². The maximum Gasteiger partial charge on any atom is 0.341 e. The Bertz CT molecular complexity index is 1490. The van der Waals surface area contributed by atoms with Crippen molar-refractivity contribution in [2.45, 2.75) is 12.0 Å². The lowest BCUT2D eigenvalue weighted by Crippen LogP contribution is -2.38. The number of carboxylic acids is 1. The van der Waals surface area contributed by atoms with Gasteiger partial charge in [-0.05, 0) is 52.1 Å². The van der Waals surface area contributed by atoms with E-state index in [0.717, 1.165) is 22.3 Å². The number of nitrogens with zero attached hydrogens (tertiary/aromatic N) is 1. The van der Waals surface area contributed by atoms with Crippen molar-refractivity contribution < 1.29 is 33.7 Å². The summed E-state index contributed by atoms with van der Waals surface area (Å²) < 4.78 is 16.4. The van der Waals surface area contributed by atoms with Crippen molar-refractivity contribution in [2.75, 3.05) is 27.9 Å². The highest BCUT2D eigenvalue weighted by Gasteiger charge is 2.40. The van der Waals surface area contributed by atoms with Gasteiger partial charge in [-0.15, -0.1) is 0 Å². The third kappa shape index (κ3) is 4.97. The Labute approximate surface area is 232 Å². The van der Waals surface area contributed by atoms with Crippen molar-refractivity contribution in [3.05, 3.63) is 113 Å². The van der Waals surface area contributed by atoms with Gasteiger partial charge in [0.2, 0.25) is 0 Å². The van der Waals surface area contributed by atoms with E-state index in [0.29, 0.717) is 28.4 Å². The molecule has 0 radical (unpaired) electrons. The van der Waals surface area contributed by atoms with Crippen molar-refractivity contribution in [3.8, 4) is 28.4 Å². The smallest absolute Gasteiger partial charge is 0.341 e. The van der Waals surface area contributed by atoms with E-state index >= 15 is 0 Å². The Morgan fingerprint density at radius 3 is 1.95 bits per heavy atom. The molecule has 1 aliphatic carbocycles. The van der Waals surface area contributed by atoms with Gasteiger partial charge in [0, 0.05) is 11.6 Å². The molecule has 1 atom stereocenters. The molecular formula is C32H29NO7. The molecule has 1 unspecified atom stereocenters. The number of benzene rings is 4. The SMILES string of the molecule is COc1ccc(C(c2ccc(OCC(=O)O)cc2)N(OC)C(=O)C2c3ccccc3-c3ccccc32)c(OC)c1. The molecule has 204 valence electrons. The minimum atomic E-state index is -1.07. The van der Waals surface area contributed by atoms with Gasteiger partial charge < -0.3 is 19.3 Å². The number of carboxylic acid groups (broad SMARTS) is 1. The zero-order valence-electron chi connectivity index (χ0n) is 22.4. The van der Waals surface area contributed by atoms with Crippen LogP contribution < -0.4 is 14.2 Å². The Hall–Kier alpha value is -4.82. The predicted molar refractivity (Wildman–Crippen MR) is 149 cm³/mol. The first-order valence-electron chi connectivity index (χ1n) is 12.7. The highest BCUT2D eigenvalue weighted by molar-refractivity contribution is 5.96. The van der Waals surface area contributed by atoms with Crippen molar-refractivity contribution in [2.24, 2.45) is 0 Å². The maximum absolute atomic E-state index is 14.5. The highest BCUT2D eigenvalue weighted by Crippen LogP contribution is 2.47. The fourth-order valence-corrected chi connectivity index (χ4v) is 5.25. The van der Waals surface area contributed by atoms with Crippen LogP contribution in [0.4, 0.5) is 0 Å². The fourth-order valence-electron chi connectivity index (χ4n) is 5.25. The molecular weight excluding hydrogens is 510 g/mol. The summed E-state index contributed by atoms with van der Waals surface area (Å²) in [6, 6.07) is 27.4. The second kappa shape index (κ2) is 11.5. The molecule has 1 amide bonds. The van der Waals surface area contributed by atoms with E-state index in [1.807, 2.05) is 54.6 Å². The van der Waals surface area contributed by atoms with Crippen LogP contribution in [0.2, 0.25) is 0 Å².